The number of rotatable bonds is 0. The fraction of sp³-hybridized carbons (Fsp3) is 1.00. The Balaban J connectivity index is 2.54. The molecule has 0 aromatic carbocycles. The molecule has 1 aliphatic rings. The first-order chi connectivity index (χ1) is 4.13. The topological polar surface area (TPSA) is 0 Å². The maximum Gasteiger partial charge on any atom is 0.0148 e. The molecule has 0 aliphatic heterocycles. The Bertz CT molecular complexity index is 91.1. The van der Waals surface area contributed by atoms with Gasteiger partial charge in [-0.2, -0.15) is 0 Å². The molecule has 0 heterocycles. The standard InChI is InChI=1S/C7H12I2/c1-4-5(2)7(9)3-6(4)8/h4-7H,3H2,1-2H3/t4-,5?,6?,7?/m1/s1. The normalized spacial score (nSPS) is 52.0. The van der Waals surface area contributed by atoms with Crippen molar-refractivity contribution in [3.05, 3.63) is 0 Å². The molecule has 1 saturated carbocycles. The van der Waals surface area contributed by atoms with E-state index in [4.69, 9.17) is 0 Å². The zero-order valence-corrected chi connectivity index (χ0v) is 10.1. The van der Waals surface area contributed by atoms with Gasteiger partial charge in [-0.15, -0.1) is 0 Å². The summed E-state index contributed by atoms with van der Waals surface area (Å²) in [6.45, 7) is 4.75. The minimum atomic E-state index is 0.930. The molecule has 0 radical (unpaired) electrons. The maximum atomic E-state index is 2.58. The first-order valence-corrected chi connectivity index (χ1v) is 5.90. The fourth-order valence-corrected chi connectivity index (χ4v) is 4.68. The summed E-state index contributed by atoms with van der Waals surface area (Å²) >= 11 is 5.17. The van der Waals surface area contributed by atoms with E-state index in [9.17, 15) is 0 Å². The van der Waals surface area contributed by atoms with Crippen molar-refractivity contribution in [1.29, 1.82) is 0 Å². The van der Waals surface area contributed by atoms with Crippen LogP contribution in [0.5, 0.6) is 0 Å². The highest BCUT2D eigenvalue weighted by Crippen LogP contribution is 2.40. The summed E-state index contributed by atoms with van der Waals surface area (Å²) in [5, 5.41) is 0. The van der Waals surface area contributed by atoms with Gasteiger partial charge in [0.2, 0.25) is 0 Å². The monoisotopic (exact) mass is 350 g/mol. The lowest BCUT2D eigenvalue weighted by Crippen LogP contribution is -2.09. The highest BCUT2D eigenvalue weighted by Gasteiger charge is 2.34. The summed E-state index contributed by atoms with van der Waals surface area (Å²) in [5.74, 6) is 1.87. The van der Waals surface area contributed by atoms with Crippen LogP contribution in [0.3, 0.4) is 0 Å². The maximum absolute atomic E-state index is 2.58. The molecule has 0 bridgehead atoms. The zero-order valence-electron chi connectivity index (χ0n) is 5.77. The summed E-state index contributed by atoms with van der Waals surface area (Å²) in [6.07, 6.45) is 1.42. The molecule has 0 amide bonds. The molecule has 1 aliphatic carbocycles. The molecule has 2 heteroatoms. The minimum absolute atomic E-state index is 0.930. The molecule has 0 spiro atoms. The van der Waals surface area contributed by atoms with E-state index in [1.165, 1.54) is 6.42 Å². The van der Waals surface area contributed by atoms with Gasteiger partial charge >= 0.3 is 0 Å². The van der Waals surface area contributed by atoms with Crippen molar-refractivity contribution in [2.24, 2.45) is 11.8 Å². The van der Waals surface area contributed by atoms with Gasteiger partial charge in [0.1, 0.15) is 0 Å². The van der Waals surface area contributed by atoms with E-state index < -0.39 is 0 Å². The van der Waals surface area contributed by atoms with Crippen LogP contribution in [0, 0.1) is 11.8 Å². The van der Waals surface area contributed by atoms with Crippen molar-refractivity contribution in [2.45, 2.75) is 28.1 Å². The molecule has 4 atom stereocenters. The molecule has 3 unspecified atom stereocenters. The number of halogens is 2. The van der Waals surface area contributed by atoms with Gasteiger partial charge in [0.15, 0.2) is 0 Å². The number of hydrogen-bond donors (Lipinski definition) is 0. The van der Waals surface area contributed by atoms with Gasteiger partial charge in [-0.05, 0) is 18.3 Å². The van der Waals surface area contributed by atoms with Crippen LogP contribution in [-0.2, 0) is 0 Å². The summed E-state index contributed by atoms with van der Waals surface area (Å²) in [7, 11) is 0. The molecule has 0 nitrogen and oxygen atoms in total. The van der Waals surface area contributed by atoms with E-state index in [2.05, 4.69) is 59.0 Å². The fourth-order valence-electron chi connectivity index (χ4n) is 1.30. The van der Waals surface area contributed by atoms with Crippen LogP contribution in [0.25, 0.3) is 0 Å². The summed E-state index contributed by atoms with van der Waals surface area (Å²) in [5.41, 5.74) is 0. The van der Waals surface area contributed by atoms with E-state index in [1.807, 2.05) is 0 Å². The first kappa shape index (κ1) is 8.56. The molecule has 0 aromatic rings. The molecule has 1 fully saturated rings. The van der Waals surface area contributed by atoms with Crippen molar-refractivity contribution >= 4 is 45.2 Å². The highest BCUT2D eigenvalue weighted by atomic mass is 127. The SMILES string of the molecule is CC1C(I)CC(I)[C@@H]1C. The van der Waals surface area contributed by atoms with Crippen molar-refractivity contribution in [2.75, 3.05) is 0 Å². The van der Waals surface area contributed by atoms with Crippen molar-refractivity contribution in [1.82, 2.24) is 0 Å². The van der Waals surface area contributed by atoms with Gasteiger partial charge in [0.05, 0.1) is 0 Å². The Morgan fingerprint density at radius 3 is 1.44 bits per heavy atom. The average molecular weight is 350 g/mol. The minimum Gasteiger partial charge on any atom is -0.0823 e. The van der Waals surface area contributed by atoms with Crippen molar-refractivity contribution < 1.29 is 0 Å². The lowest BCUT2D eigenvalue weighted by Gasteiger charge is -2.12. The van der Waals surface area contributed by atoms with Gasteiger partial charge in [-0.3, -0.25) is 0 Å². The third-order valence-electron chi connectivity index (χ3n) is 2.42. The number of alkyl halides is 2. The van der Waals surface area contributed by atoms with Gasteiger partial charge in [-0.25, -0.2) is 0 Å². The first-order valence-electron chi connectivity index (χ1n) is 3.41. The van der Waals surface area contributed by atoms with E-state index in [1.54, 1.807) is 0 Å². The van der Waals surface area contributed by atoms with E-state index in [-0.39, 0.29) is 0 Å². The third-order valence-corrected chi connectivity index (χ3v) is 5.71. The van der Waals surface area contributed by atoms with Crippen molar-refractivity contribution in [3.8, 4) is 0 Å². The summed E-state index contributed by atoms with van der Waals surface area (Å²) in [4.78, 5) is 0. The Hall–Kier alpha value is 1.46. The Labute approximate surface area is 84.4 Å². The van der Waals surface area contributed by atoms with Gasteiger partial charge < -0.3 is 0 Å². The lowest BCUT2D eigenvalue weighted by atomic mass is 10.0. The molecule has 0 aromatic heterocycles. The van der Waals surface area contributed by atoms with Crippen LogP contribution in [0.4, 0.5) is 0 Å². The Kier molecular flexibility index (Phi) is 3.08. The zero-order chi connectivity index (χ0) is 7.02. The highest BCUT2D eigenvalue weighted by molar-refractivity contribution is 14.1. The summed E-state index contributed by atoms with van der Waals surface area (Å²) < 4.78 is 1.86. The molecule has 54 valence electrons. The van der Waals surface area contributed by atoms with Crippen LogP contribution < -0.4 is 0 Å². The smallest absolute Gasteiger partial charge is 0.0148 e. The van der Waals surface area contributed by atoms with E-state index in [0.29, 0.717) is 0 Å². The molecule has 0 saturated heterocycles. The second-order valence-corrected chi connectivity index (χ2v) is 6.19. The van der Waals surface area contributed by atoms with E-state index in [0.717, 1.165) is 19.7 Å². The molecule has 9 heavy (non-hydrogen) atoms. The van der Waals surface area contributed by atoms with Crippen LogP contribution >= 0.6 is 45.2 Å². The average Bonchev–Trinajstić information content (AvgIpc) is 1.98. The van der Waals surface area contributed by atoms with Gasteiger partial charge in [-0.1, -0.05) is 59.0 Å². The molecular formula is C7H12I2. The van der Waals surface area contributed by atoms with Crippen LogP contribution in [-0.4, -0.2) is 7.85 Å². The van der Waals surface area contributed by atoms with Crippen LogP contribution in [0.1, 0.15) is 20.3 Å². The second kappa shape index (κ2) is 3.24. The van der Waals surface area contributed by atoms with Crippen LogP contribution in [0.2, 0.25) is 0 Å². The molecular weight excluding hydrogens is 338 g/mol. The quantitative estimate of drug-likeness (QED) is 0.465. The predicted molar refractivity (Wildman–Crippen MR) is 58.6 cm³/mol. The largest absolute Gasteiger partial charge is 0.0823 e. The van der Waals surface area contributed by atoms with Crippen molar-refractivity contribution in [3.63, 3.8) is 0 Å². The van der Waals surface area contributed by atoms with Gasteiger partial charge in [0.25, 0.3) is 0 Å². The van der Waals surface area contributed by atoms with Gasteiger partial charge in [0, 0.05) is 7.85 Å². The Morgan fingerprint density at radius 2 is 1.33 bits per heavy atom. The second-order valence-electron chi connectivity index (χ2n) is 2.99. The third kappa shape index (κ3) is 1.73. The lowest BCUT2D eigenvalue weighted by molar-refractivity contribution is 0.481. The molecule has 1 rings (SSSR count). The summed E-state index contributed by atoms with van der Waals surface area (Å²) in [6, 6.07) is 0. The predicted octanol–water partition coefficient (Wildman–Crippen LogP) is 3.27. The van der Waals surface area contributed by atoms with Crippen LogP contribution in [0.15, 0.2) is 0 Å². The Morgan fingerprint density at radius 1 is 1.00 bits per heavy atom. The molecule has 0 N–H and O–H groups in total. The van der Waals surface area contributed by atoms with E-state index >= 15 is 0 Å². The number of hydrogen-bond acceptors (Lipinski definition) is 0.